The smallest absolute Gasteiger partial charge is 0.165 e. The van der Waals surface area contributed by atoms with E-state index in [0.29, 0.717) is 0 Å². The molecule has 4 heteroatoms. The Kier molecular flexibility index (Phi) is 5.63. The van der Waals surface area contributed by atoms with Crippen LogP contribution in [0.25, 0.3) is 99.0 Å². The Labute approximate surface area is 287 Å². The SMILES string of the molecule is c1ccc(-n2c3cc4c(cc3c3ccc5ccccc5c32)c2ccccc2n4-c2nc3ccccc3nc2-c2ccc3ccccc3c2)cc1. The zero-order valence-electron chi connectivity index (χ0n) is 27.0. The summed E-state index contributed by atoms with van der Waals surface area (Å²) in [5.41, 5.74) is 9.32. The molecule has 0 spiro atoms. The third kappa shape index (κ3) is 3.87. The van der Waals surface area contributed by atoms with E-state index in [1.165, 1.54) is 48.6 Å². The maximum atomic E-state index is 5.41. The van der Waals surface area contributed by atoms with E-state index in [4.69, 9.17) is 9.97 Å². The van der Waals surface area contributed by atoms with Crippen molar-refractivity contribution in [3.8, 4) is 22.8 Å². The summed E-state index contributed by atoms with van der Waals surface area (Å²) < 4.78 is 4.77. The minimum atomic E-state index is 0.817. The molecule has 11 rings (SSSR count). The van der Waals surface area contributed by atoms with Gasteiger partial charge in [-0.3, -0.25) is 4.57 Å². The maximum absolute atomic E-state index is 5.41. The molecule has 0 aliphatic heterocycles. The molecule has 0 radical (unpaired) electrons. The van der Waals surface area contributed by atoms with Crippen molar-refractivity contribution >= 4 is 76.2 Å². The van der Waals surface area contributed by atoms with Gasteiger partial charge >= 0.3 is 0 Å². The van der Waals surface area contributed by atoms with E-state index < -0.39 is 0 Å². The van der Waals surface area contributed by atoms with Crippen LogP contribution < -0.4 is 0 Å². The van der Waals surface area contributed by atoms with E-state index in [1.54, 1.807) is 0 Å². The highest BCUT2D eigenvalue weighted by molar-refractivity contribution is 6.23. The van der Waals surface area contributed by atoms with Crippen LogP contribution in [-0.2, 0) is 0 Å². The fourth-order valence-corrected chi connectivity index (χ4v) is 7.99. The van der Waals surface area contributed by atoms with Gasteiger partial charge in [-0.25, -0.2) is 9.97 Å². The fraction of sp³-hybridized carbons (Fsp3) is 0. The van der Waals surface area contributed by atoms with Crippen LogP contribution in [0.15, 0.2) is 170 Å². The van der Waals surface area contributed by atoms with Gasteiger partial charge in [-0.1, -0.05) is 121 Å². The van der Waals surface area contributed by atoms with E-state index >= 15 is 0 Å². The van der Waals surface area contributed by atoms with Gasteiger partial charge in [0.15, 0.2) is 5.82 Å². The molecule has 0 saturated heterocycles. The quantitative estimate of drug-likeness (QED) is 0.193. The highest BCUT2D eigenvalue weighted by atomic mass is 15.1. The van der Waals surface area contributed by atoms with Crippen molar-refractivity contribution in [1.29, 1.82) is 0 Å². The number of benzene rings is 8. The minimum absolute atomic E-state index is 0.817. The van der Waals surface area contributed by atoms with Crippen molar-refractivity contribution in [1.82, 2.24) is 19.1 Å². The molecule has 0 atom stereocenters. The first-order valence-corrected chi connectivity index (χ1v) is 17.0. The summed E-state index contributed by atoms with van der Waals surface area (Å²) in [6, 6.07) is 60.7. The van der Waals surface area contributed by atoms with Crippen LogP contribution >= 0.6 is 0 Å². The lowest BCUT2D eigenvalue weighted by Crippen LogP contribution is -2.04. The Hall–Kier alpha value is -6.78. The van der Waals surface area contributed by atoms with Gasteiger partial charge in [-0.2, -0.15) is 0 Å². The standard InChI is InChI=1S/C46H28N4/c1-2-15-33(16-3-1)49-42-28-43-37(27-38(42)36-25-24-30-13-6-7-17-34(30)45(36)49)35-18-8-11-21-41(35)50(43)46-44(47-39-19-9-10-20-40(39)48-46)32-23-22-29-12-4-5-14-31(29)26-32/h1-28H. The normalized spacial score (nSPS) is 12.0. The van der Waals surface area contributed by atoms with Crippen molar-refractivity contribution in [2.45, 2.75) is 0 Å². The highest BCUT2D eigenvalue weighted by Crippen LogP contribution is 2.42. The molecule has 0 fully saturated rings. The van der Waals surface area contributed by atoms with Gasteiger partial charge < -0.3 is 4.57 Å². The molecule has 3 heterocycles. The molecular formula is C46H28N4. The number of hydrogen-bond acceptors (Lipinski definition) is 2. The first kappa shape index (κ1) is 27.2. The van der Waals surface area contributed by atoms with E-state index in [2.05, 4.69) is 167 Å². The molecule has 11 aromatic rings. The zero-order valence-corrected chi connectivity index (χ0v) is 27.0. The summed E-state index contributed by atoms with van der Waals surface area (Å²) in [4.78, 5) is 10.7. The van der Waals surface area contributed by atoms with Crippen LogP contribution in [0.1, 0.15) is 0 Å². The molecule has 0 N–H and O–H groups in total. The van der Waals surface area contributed by atoms with Crippen molar-refractivity contribution < 1.29 is 0 Å². The lowest BCUT2D eigenvalue weighted by Gasteiger charge is -2.14. The number of nitrogens with zero attached hydrogens (tertiary/aromatic N) is 4. The molecule has 0 bridgehead atoms. The van der Waals surface area contributed by atoms with Gasteiger partial charge in [0.2, 0.25) is 0 Å². The lowest BCUT2D eigenvalue weighted by molar-refractivity contribution is 1.08. The molecule has 0 amide bonds. The van der Waals surface area contributed by atoms with Gasteiger partial charge in [0, 0.05) is 38.2 Å². The first-order chi connectivity index (χ1) is 24.8. The van der Waals surface area contributed by atoms with Gasteiger partial charge in [-0.15, -0.1) is 0 Å². The Balaban J connectivity index is 1.31. The van der Waals surface area contributed by atoms with Crippen LogP contribution in [0.5, 0.6) is 0 Å². The summed E-state index contributed by atoms with van der Waals surface area (Å²) >= 11 is 0. The molecule has 0 aliphatic carbocycles. The average molecular weight is 637 g/mol. The van der Waals surface area contributed by atoms with E-state index in [9.17, 15) is 0 Å². The Bertz CT molecular complexity index is 3150. The molecular weight excluding hydrogens is 609 g/mol. The molecule has 3 aromatic heterocycles. The second-order valence-corrected chi connectivity index (χ2v) is 13.0. The second kappa shape index (κ2) is 10.4. The predicted molar refractivity (Wildman–Crippen MR) is 209 cm³/mol. The number of fused-ring (bicyclic) bond motifs is 10. The number of rotatable bonds is 3. The van der Waals surface area contributed by atoms with Gasteiger partial charge in [0.05, 0.1) is 33.1 Å². The number of para-hydroxylation sites is 4. The molecule has 8 aromatic carbocycles. The summed E-state index contributed by atoms with van der Waals surface area (Å²) in [6.07, 6.45) is 0. The zero-order chi connectivity index (χ0) is 32.8. The van der Waals surface area contributed by atoms with Crippen LogP contribution in [0.4, 0.5) is 0 Å². The molecule has 0 unspecified atom stereocenters. The topological polar surface area (TPSA) is 35.6 Å². The second-order valence-electron chi connectivity index (χ2n) is 13.0. The first-order valence-electron chi connectivity index (χ1n) is 17.0. The predicted octanol–water partition coefficient (Wildman–Crippen LogP) is 11.8. The number of aromatic nitrogens is 4. The van der Waals surface area contributed by atoms with Crippen LogP contribution in [-0.4, -0.2) is 19.1 Å². The summed E-state index contributed by atoms with van der Waals surface area (Å²) in [7, 11) is 0. The third-order valence-electron chi connectivity index (χ3n) is 10.2. The Morgan fingerprint density at radius 1 is 0.360 bits per heavy atom. The van der Waals surface area contributed by atoms with E-state index in [1.807, 2.05) is 12.1 Å². The van der Waals surface area contributed by atoms with Gasteiger partial charge in [0.25, 0.3) is 0 Å². The number of hydrogen-bond donors (Lipinski definition) is 0. The van der Waals surface area contributed by atoms with Crippen molar-refractivity contribution in [2.24, 2.45) is 0 Å². The largest absolute Gasteiger partial charge is 0.309 e. The highest BCUT2D eigenvalue weighted by Gasteiger charge is 2.22. The lowest BCUT2D eigenvalue weighted by atomic mass is 10.0. The molecule has 50 heavy (non-hydrogen) atoms. The average Bonchev–Trinajstić information content (AvgIpc) is 3.69. The third-order valence-corrected chi connectivity index (χ3v) is 10.2. The summed E-state index contributed by atoms with van der Waals surface area (Å²) in [5, 5.41) is 9.68. The fourth-order valence-electron chi connectivity index (χ4n) is 7.99. The van der Waals surface area contributed by atoms with Crippen LogP contribution in [0, 0.1) is 0 Å². The summed E-state index contributed by atoms with van der Waals surface area (Å²) in [5.74, 6) is 0.817. The van der Waals surface area contributed by atoms with E-state index in [-0.39, 0.29) is 0 Å². The molecule has 0 saturated carbocycles. The van der Waals surface area contributed by atoms with Crippen molar-refractivity contribution in [3.05, 3.63) is 170 Å². The van der Waals surface area contributed by atoms with Crippen molar-refractivity contribution in [2.75, 3.05) is 0 Å². The van der Waals surface area contributed by atoms with Crippen LogP contribution in [0.2, 0.25) is 0 Å². The molecule has 0 aliphatic rings. The van der Waals surface area contributed by atoms with Crippen LogP contribution in [0.3, 0.4) is 0 Å². The molecule has 4 nitrogen and oxygen atoms in total. The molecule has 232 valence electrons. The van der Waals surface area contributed by atoms with Gasteiger partial charge in [0.1, 0.15) is 5.69 Å². The Morgan fingerprint density at radius 2 is 1.00 bits per heavy atom. The Morgan fingerprint density at radius 3 is 1.86 bits per heavy atom. The van der Waals surface area contributed by atoms with Gasteiger partial charge in [-0.05, 0) is 64.7 Å². The van der Waals surface area contributed by atoms with Crippen molar-refractivity contribution in [3.63, 3.8) is 0 Å². The van der Waals surface area contributed by atoms with E-state index in [0.717, 1.165) is 50.3 Å². The monoisotopic (exact) mass is 636 g/mol. The maximum Gasteiger partial charge on any atom is 0.165 e. The summed E-state index contributed by atoms with van der Waals surface area (Å²) in [6.45, 7) is 0. The minimum Gasteiger partial charge on any atom is -0.309 e.